The molecule has 0 fully saturated rings. The van der Waals surface area contributed by atoms with E-state index in [1.807, 2.05) is 24.3 Å². The zero-order valence-corrected chi connectivity index (χ0v) is 17.8. The molecule has 0 unspecified atom stereocenters. The third-order valence-corrected chi connectivity index (χ3v) is 7.22. The van der Waals surface area contributed by atoms with Gasteiger partial charge in [-0.3, -0.25) is 9.36 Å². The van der Waals surface area contributed by atoms with Crippen molar-refractivity contribution in [3.8, 4) is 0 Å². The lowest BCUT2D eigenvalue weighted by Gasteiger charge is -2.33. The van der Waals surface area contributed by atoms with Crippen LogP contribution >= 0.6 is 22.9 Å². The fraction of sp³-hybridized carbons (Fsp3) is 0.318. The Hall–Kier alpha value is -2.28. The average molecular weight is 426 g/mol. The molecule has 1 aromatic carbocycles. The highest BCUT2D eigenvalue weighted by atomic mass is 35.5. The molecule has 1 atom stereocenters. The highest BCUT2D eigenvalue weighted by Gasteiger charge is 2.31. The maximum absolute atomic E-state index is 13.1. The van der Waals surface area contributed by atoms with Gasteiger partial charge in [0.1, 0.15) is 9.53 Å². The minimum atomic E-state index is -0.176. The highest BCUT2D eigenvalue weighted by Crippen LogP contribution is 2.35. The topological polar surface area (TPSA) is 57.0 Å². The van der Waals surface area contributed by atoms with E-state index in [4.69, 9.17) is 21.3 Å². The van der Waals surface area contributed by atoms with Crippen LogP contribution in [0.5, 0.6) is 0 Å². The van der Waals surface area contributed by atoms with Crippen LogP contribution in [0.1, 0.15) is 37.1 Å². The third-order valence-electron chi connectivity index (χ3n) is 5.77. The summed E-state index contributed by atoms with van der Waals surface area (Å²) >= 11 is 7.68. The number of aromatic nitrogens is 3. The van der Waals surface area contributed by atoms with Crippen LogP contribution in [0.15, 0.2) is 41.5 Å². The van der Waals surface area contributed by atoms with Gasteiger partial charge in [0.25, 0.3) is 5.56 Å². The minimum Gasteiger partial charge on any atom is -0.370 e. The molecular weight excluding hydrogens is 406 g/mol. The predicted octanol–water partition coefficient (Wildman–Crippen LogP) is 4.95. The lowest BCUT2D eigenvalue weighted by Crippen LogP contribution is -2.35. The Balaban J connectivity index is 1.62. The number of pyridine rings is 1. The lowest BCUT2D eigenvalue weighted by molar-refractivity contribution is -0.0573. The molecule has 4 aromatic rings. The average Bonchev–Trinajstić information content (AvgIpc) is 3.08. The van der Waals surface area contributed by atoms with Crippen molar-refractivity contribution in [2.45, 2.75) is 45.4 Å². The van der Waals surface area contributed by atoms with Crippen LogP contribution < -0.4 is 5.56 Å². The standard InChI is InChI=1S/C22H20ClN3O2S/c1-3-22(2)9-17-14(11-28-22)8-15-18-19(29-20(15)25-17)21(27)26(12-24-18)10-13-6-4-5-7-16(13)23/h4-8,12H,3,9-11H2,1-2H3/t22-/m1/s1. The van der Waals surface area contributed by atoms with E-state index in [0.29, 0.717) is 28.4 Å². The van der Waals surface area contributed by atoms with E-state index in [0.717, 1.165) is 39.9 Å². The van der Waals surface area contributed by atoms with E-state index < -0.39 is 0 Å². The summed E-state index contributed by atoms with van der Waals surface area (Å²) in [7, 11) is 0. The zero-order chi connectivity index (χ0) is 20.2. The molecule has 0 saturated heterocycles. The van der Waals surface area contributed by atoms with Crippen LogP contribution in [0.25, 0.3) is 20.4 Å². The Bertz CT molecular complexity index is 1310. The molecule has 0 saturated carbocycles. The van der Waals surface area contributed by atoms with E-state index in [1.54, 1.807) is 10.9 Å². The summed E-state index contributed by atoms with van der Waals surface area (Å²) in [4.78, 5) is 23.5. The first-order chi connectivity index (χ1) is 14.0. The number of rotatable bonds is 3. The Morgan fingerprint density at radius 2 is 2.17 bits per heavy atom. The molecule has 7 heteroatoms. The Labute approximate surface area is 176 Å². The maximum Gasteiger partial charge on any atom is 0.271 e. The highest BCUT2D eigenvalue weighted by molar-refractivity contribution is 7.25. The molecule has 0 amide bonds. The van der Waals surface area contributed by atoms with Gasteiger partial charge in [-0.1, -0.05) is 36.7 Å². The van der Waals surface area contributed by atoms with E-state index in [2.05, 4.69) is 24.9 Å². The van der Waals surface area contributed by atoms with Gasteiger partial charge in [-0.25, -0.2) is 9.97 Å². The van der Waals surface area contributed by atoms with Gasteiger partial charge in [0.15, 0.2) is 0 Å². The van der Waals surface area contributed by atoms with E-state index in [9.17, 15) is 4.79 Å². The lowest BCUT2D eigenvalue weighted by atomic mass is 9.91. The first-order valence-corrected chi connectivity index (χ1v) is 10.8. The predicted molar refractivity (Wildman–Crippen MR) is 117 cm³/mol. The molecule has 1 aliphatic rings. The van der Waals surface area contributed by atoms with E-state index in [-0.39, 0.29) is 11.2 Å². The van der Waals surface area contributed by atoms with Gasteiger partial charge < -0.3 is 4.74 Å². The van der Waals surface area contributed by atoms with Crippen molar-refractivity contribution in [1.82, 2.24) is 14.5 Å². The number of hydrogen-bond donors (Lipinski definition) is 0. The summed E-state index contributed by atoms with van der Waals surface area (Å²) in [6.45, 7) is 5.20. The number of fused-ring (bicyclic) bond motifs is 4. The Morgan fingerprint density at radius 1 is 1.34 bits per heavy atom. The van der Waals surface area contributed by atoms with Crippen LogP contribution in [-0.2, 0) is 24.3 Å². The van der Waals surface area contributed by atoms with Crippen LogP contribution in [-0.4, -0.2) is 20.1 Å². The van der Waals surface area contributed by atoms with Crippen LogP contribution in [0.2, 0.25) is 5.02 Å². The number of hydrogen-bond acceptors (Lipinski definition) is 5. The smallest absolute Gasteiger partial charge is 0.271 e. The van der Waals surface area contributed by atoms with Gasteiger partial charge in [0, 0.05) is 22.4 Å². The van der Waals surface area contributed by atoms with Gasteiger partial charge in [-0.2, -0.15) is 0 Å². The summed E-state index contributed by atoms with van der Waals surface area (Å²) in [6.07, 6.45) is 3.32. The van der Waals surface area contributed by atoms with Crippen LogP contribution in [0.4, 0.5) is 0 Å². The molecule has 5 rings (SSSR count). The number of halogens is 1. The number of benzene rings is 1. The van der Waals surface area contributed by atoms with Crippen molar-refractivity contribution >= 4 is 43.4 Å². The number of ether oxygens (including phenoxy) is 1. The third kappa shape index (κ3) is 3.16. The molecule has 1 aliphatic heterocycles. The monoisotopic (exact) mass is 425 g/mol. The first-order valence-electron chi connectivity index (χ1n) is 9.65. The number of thiophene rings is 1. The zero-order valence-electron chi connectivity index (χ0n) is 16.2. The minimum absolute atomic E-state index is 0.0643. The van der Waals surface area contributed by atoms with Crippen LogP contribution in [0.3, 0.4) is 0 Å². The molecule has 3 aromatic heterocycles. The SMILES string of the molecule is CC[C@]1(C)Cc2nc3sc4c(=O)n(Cc5ccccc5Cl)cnc4c3cc2CO1. The molecule has 0 N–H and O–H groups in total. The quantitative estimate of drug-likeness (QED) is 0.466. The van der Waals surface area contributed by atoms with Crippen molar-refractivity contribution in [3.05, 3.63) is 68.9 Å². The van der Waals surface area contributed by atoms with Gasteiger partial charge in [0.2, 0.25) is 0 Å². The summed E-state index contributed by atoms with van der Waals surface area (Å²) in [5, 5.41) is 1.57. The Kier molecular flexibility index (Phi) is 4.46. The largest absolute Gasteiger partial charge is 0.370 e. The second kappa shape index (κ2) is 6.90. The van der Waals surface area contributed by atoms with Crippen molar-refractivity contribution in [2.24, 2.45) is 0 Å². The molecular formula is C22H20ClN3O2S. The second-order valence-electron chi connectivity index (χ2n) is 7.76. The summed E-state index contributed by atoms with van der Waals surface area (Å²) in [6, 6.07) is 9.63. The second-order valence-corrected chi connectivity index (χ2v) is 9.17. The first kappa shape index (κ1) is 18.7. The fourth-order valence-electron chi connectivity index (χ4n) is 3.76. The summed E-state index contributed by atoms with van der Waals surface area (Å²) in [5.74, 6) is 0. The number of nitrogens with zero attached hydrogens (tertiary/aromatic N) is 3. The summed E-state index contributed by atoms with van der Waals surface area (Å²) in [5.41, 5.74) is 3.52. The molecule has 5 nitrogen and oxygen atoms in total. The van der Waals surface area contributed by atoms with Crippen molar-refractivity contribution in [1.29, 1.82) is 0 Å². The van der Waals surface area contributed by atoms with E-state index in [1.165, 1.54) is 11.3 Å². The molecule has 0 radical (unpaired) electrons. The van der Waals surface area contributed by atoms with Gasteiger partial charge in [-0.15, -0.1) is 11.3 Å². The maximum atomic E-state index is 13.1. The Morgan fingerprint density at radius 3 is 2.97 bits per heavy atom. The van der Waals surface area contributed by atoms with Gasteiger partial charge >= 0.3 is 0 Å². The van der Waals surface area contributed by atoms with E-state index >= 15 is 0 Å². The van der Waals surface area contributed by atoms with Gasteiger partial charge in [-0.05, 0) is 31.0 Å². The van der Waals surface area contributed by atoms with Crippen molar-refractivity contribution in [3.63, 3.8) is 0 Å². The molecule has 148 valence electrons. The molecule has 0 spiro atoms. The molecule has 0 aliphatic carbocycles. The molecule has 29 heavy (non-hydrogen) atoms. The normalized spacial score (nSPS) is 19.0. The van der Waals surface area contributed by atoms with Gasteiger partial charge in [0.05, 0.1) is 36.3 Å². The molecule has 4 heterocycles. The van der Waals surface area contributed by atoms with Crippen molar-refractivity contribution in [2.75, 3.05) is 0 Å². The van der Waals surface area contributed by atoms with Crippen molar-refractivity contribution < 1.29 is 4.74 Å². The fourth-order valence-corrected chi connectivity index (χ4v) is 5.03. The van der Waals surface area contributed by atoms with Crippen LogP contribution in [0, 0.1) is 0 Å². The summed E-state index contributed by atoms with van der Waals surface area (Å²) < 4.78 is 8.30. The molecule has 0 bridgehead atoms.